The molecule has 2 aliphatic heterocycles. The molecule has 2 unspecified atom stereocenters. The number of piperidine rings is 1. The van der Waals surface area contributed by atoms with Crippen LogP contribution in [0.15, 0.2) is 18.2 Å². The van der Waals surface area contributed by atoms with E-state index in [9.17, 15) is 0 Å². The summed E-state index contributed by atoms with van der Waals surface area (Å²) in [7, 11) is 0. The number of aryl methyl sites for hydroxylation is 1. The third-order valence-electron chi connectivity index (χ3n) is 5.49. The molecule has 21 heavy (non-hydrogen) atoms. The highest BCUT2D eigenvalue weighted by Gasteiger charge is 2.29. The number of nitrogens with zero attached hydrogens (tertiary/aromatic N) is 2. The molecule has 0 radical (unpaired) electrons. The van der Waals surface area contributed by atoms with Crippen LogP contribution in [0.4, 0.5) is 5.69 Å². The van der Waals surface area contributed by atoms with Crippen LogP contribution in [0.1, 0.15) is 24.5 Å². The minimum Gasteiger partial charge on any atom is -0.369 e. The van der Waals surface area contributed by atoms with Gasteiger partial charge in [-0.1, -0.05) is 19.1 Å². The summed E-state index contributed by atoms with van der Waals surface area (Å²) in [6.45, 7) is 14.0. The Hall–Kier alpha value is -1.06. The second-order valence-corrected chi connectivity index (χ2v) is 6.78. The molecule has 3 rings (SSSR count). The highest BCUT2D eigenvalue weighted by Crippen LogP contribution is 2.25. The van der Waals surface area contributed by atoms with Crippen molar-refractivity contribution in [1.82, 2.24) is 10.2 Å². The van der Waals surface area contributed by atoms with Gasteiger partial charge in [0.25, 0.3) is 0 Å². The van der Waals surface area contributed by atoms with Crippen LogP contribution in [-0.4, -0.2) is 50.2 Å². The lowest BCUT2D eigenvalue weighted by Crippen LogP contribution is -2.57. The van der Waals surface area contributed by atoms with Crippen LogP contribution in [0.5, 0.6) is 0 Å². The van der Waals surface area contributed by atoms with Crippen LogP contribution in [0, 0.1) is 19.8 Å². The second-order valence-electron chi connectivity index (χ2n) is 6.78. The number of piperazine rings is 1. The van der Waals surface area contributed by atoms with Crippen LogP contribution in [0.25, 0.3) is 0 Å². The van der Waals surface area contributed by atoms with Gasteiger partial charge in [-0.25, -0.2) is 0 Å². The topological polar surface area (TPSA) is 18.5 Å². The monoisotopic (exact) mass is 287 g/mol. The first-order valence-electron chi connectivity index (χ1n) is 8.43. The predicted molar refractivity (Wildman–Crippen MR) is 90.1 cm³/mol. The van der Waals surface area contributed by atoms with E-state index in [1.807, 2.05) is 0 Å². The maximum Gasteiger partial charge on any atom is 0.0399 e. The molecule has 2 atom stereocenters. The molecule has 2 fully saturated rings. The molecule has 2 heterocycles. The highest BCUT2D eigenvalue weighted by molar-refractivity contribution is 5.56. The number of nitrogens with one attached hydrogen (secondary N) is 1. The number of hydrogen-bond acceptors (Lipinski definition) is 3. The number of hydrogen-bond donors (Lipinski definition) is 1. The number of anilines is 1. The summed E-state index contributed by atoms with van der Waals surface area (Å²) >= 11 is 0. The van der Waals surface area contributed by atoms with Gasteiger partial charge in [-0.3, -0.25) is 4.90 Å². The van der Waals surface area contributed by atoms with Gasteiger partial charge in [-0.15, -0.1) is 0 Å². The molecule has 0 bridgehead atoms. The maximum absolute atomic E-state index is 3.57. The summed E-state index contributed by atoms with van der Waals surface area (Å²) in [5, 5.41) is 3.57. The van der Waals surface area contributed by atoms with Crippen molar-refractivity contribution in [2.24, 2.45) is 5.92 Å². The van der Waals surface area contributed by atoms with Crippen molar-refractivity contribution in [3.63, 3.8) is 0 Å². The van der Waals surface area contributed by atoms with Crippen LogP contribution >= 0.6 is 0 Å². The molecule has 0 aromatic heterocycles. The normalized spacial score (nSPS) is 27.9. The third kappa shape index (κ3) is 3.09. The van der Waals surface area contributed by atoms with Crippen molar-refractivity contribution in [1.29, 1.82) is 0 Å². The fraction of sp³-hybridized carbons (Fsp3) is 0.667. The summed E-state index contributed by atoms with van der Waals surface area (Å²) < 4.78 is 0. The van der Waals surface area contributed by atoms with E-state index in [-0.39, 0.29) is 0 Å². The van der Waals surface area contributed by atoms with Gasteiger partial charge in [-0.2, -0.15) is 0 Å². The van der Waals surface area contributed by atoms with E-state index >= 15 is 0 Å². The van der Waals surface area contributed by atoms with Crippen molar-refractivity contribution >= 4 is 5.69 Å². The molecule has 116 valence electrons. The van der Waals surface area contributed by atoms with Crippen molar-refractivity contribution in [3.8, 4) is 0 Å². The molecular formula is C18H29N3. The summed E-state index contributed by atoms with van der Waals surface area (Å²) in [6.07, 6.45) is 1.32. The molecule has 2 saturated heterocycles. The maximum atomic E-state index is 3.57. The standard InChI is InChI=1S/C18H29N3/c1-14-5-4-6-17(16(14)3)20-9-11-21(12-10-20)18-13-19-8-7-15(18)2/h4-6,15,18-19H,7-13H2,1-3H3. The Morgan fingerprint density at radius 1 is 1.10 bits per heavy atom. The van der Waals surface area contributed by atoms with Crippen molar-refractivity contribution in [2.75, 3.05) is 44.2 Å². The van der Waals surface area contributed by atoms with Crippen LogP contribution in [0.3, 0.4) is 0 Å². The molecule has 0 spiro atoms. The van der Waals surface area contributed by atoms with Crippen LogP contribution < -0.4 is 10.2 Å². The van der Waals surface area contributed by atoms with E-state index in [4.69, 9.17) is 0 Å². The Balaban J connectivity index is 1.63. The second kappa shape index (κ2) is 6.37. The van der Waals surface area contributed by atoms with Gasteiger partial charge in [-0.05, 0) is 49.9 Å². The lowest BCUT2D eigenvalue weighted by molar-refractivity contribution is 0.116. The first kappa shape index (κ1) is 14.9. The molecule has 0 saturated carbocycles. The summed E-state index contributed by atoms with van der Waals surface area (Å²) in [4.78, 5) is 5.28. The Morgan fingerprint density at radius 3 is 2.57 bits per heavy atom. The summed E-state index contributed by atoms with van der Waals surface area (Å²) in [5.74, 6) is 0.832. The SMILES string of the molecule is Cc1cccc(N2CCN(C3CNCCC3C)CC2)c1C. The highest BCUT2D eigenvalue weighted by atomic mass is 15.3. The average Bonchev–Trinajstić information content (AvgIpc) is 2.51. The Bertz CT molecular complexity index is 477. The smallest absolute Gasteiger partial charge is 0.0399 e. The van der Waals surface area contributed by atoms with E-state index < -0.39 is 0 Å². The Kier molecular flexibility index (Phi) is 4.51. The van der Waals surface area contributed by atoms with Crippen molar-refractivity contribution in [3.05, 3.63) is 29.3 Å². The first-order chi connectivity index (χ1) is 10.2. The molecule has 0 aliphatic carbocycles. The molecule has 1 aromatic carbocycles. The summed E-state index contributed by atoms with van der Waals surface area (Å²) in [6, 6.07) is 7.42. The zero-order valence-corrected chi connectivity index (χ0v) is 13.7. The number of benzene rings is 1. The number of rotatable bonds is 2. The van der Waals surface area contributed by atoms with E-state index in [2.05, 4.69) is 54.1 Å². The van der Waals surface area contributed by atoms with Gasteiger partial charge in [0.1, 0.15) is 0 Å². The van der Waals surface area contributed by atoms with Crippen molar-refractivity contribution in [2.45, 2.75) is 33.2 Å². The lowest BCUT2D eigenvalue weighted by Gasteiger charge is -2.44. The van der Waals surface area contributed by atoms with Gasteiger partial charge >= 0.3 is 0 Å². The van der Waals surface area contributed by atoms with Gasteiger partial charge in [0.05, 0.1) is 0 Å². The van der Waals surface area contributed by atoms with Crippen LogP contribution in [-0.2, 0) is 0 Å². The fourth-order valence-corrected chi connectivity index (χ4v) is 3.83. The zero-order chi connectivity index (χ0) is 14.8. The first-order valence-corrected chi connectivity index (χ1v) is 8.43. The molecule has 2 aliphatic rings. The van der Waals surface area contributed by atoms with Gasteiger partial charge in [0.2, 0.25) is 0 Å². The molecule has 1 aromatic rings. The minimum absolute atomic E-state index is 0.736. The van der Waals surface area contributed by atoms with E-state index in [1.54, 1.807) is 0 Å². The molecule has 1 N–H and O–H groups in total. The van der Waals surface area contributed by atoms with E-state index in [0.717, 1.165) is 25.0 Å². The van der Waals surface area contributed by atoms with Crippen LogP contribution in [0.2, 0.25) is 0 Å². The van der Waals surface area contributed by atoms with Gasteiger partial charge in [0.15, 0.2) is 0 Å². The zero-order valence-electron chi connectivity index (χ0n) is 13.7. The molecule has 0 amide bonds. The Morgan fingerprint density at radius 2 is 1.86 bits per heavy atom. The average molecular weight is 287 g/mol. The fourth-order valence-electron chi connectivity index (χ4n) is 3.83. The largest absolute Gasteiger partial charge is 0.369 e. The molecular weight excluding hydrogens is 258 g/mol. The molecule has 3 heteroatoms. The van der Waals surface area contributed by atoms with Crippen molar-refractivity contribution < 1.29 is 0 Å². The van der Waals surface area contributed by atoms with E-state index in [1.165, 1.54) is 49.4 Å². The van der Waals surface area contributed by atoms with E-state index in [0.29, 0.717) is 0 Å². The quantitative estimate of drug-likeness (QED) is 0.901. The summed E-state index contributed by atoms with van der Waals surface area (Å²) in [5.41, 5.74) is 4.28. The van der Waals surface area contributed by atoms with Gasteiger partial charge in [0, 0.05) is 44.5 Å². The third-order valence-corrected chi connectivity index (χ3v) is 5.49. The lowest BCUT2D eigenvalue weighted by atomic mass is 9.93. The minimum atomic E-state index is 0.736. The Labute approximate surface area is 129 Å². The van der Waals surface area contributed by atoms with Gasteiger partial charge < -0.3 is 10.2 Å². The molecule has 3 nitrogen and oxygen atoms in total. The predicted octanol–water partition coefficient (Wildman–Crippen LogP) is 2.42.